The summed E-state index contributed by atoms with van der Waals surface area (Å²) in [5.41, 5.74) is 0. The Balaban J connectivity index is 4.01. The third kappa shape index (κ3) is 62.2. The second-order valence-corrected chi connectivity index (χ2v) is 23.4. The van der Waals surface area contributed by atoms with Crippen LogP contribution in [-0.4, -0.2) is 87.4 Å². The molecule has 2 unspecified atom stereocenters. The van der Waals surface area contributed by atoms with Gasteiger partial charge in [0.1, 0.15) is 13.2 Å². The number of rotatable bonds is 61. The summed E-state index contributed by atoms with van der Waals surface area (Å²) in [5.74, 6) is -2.00. The van der Waals surface area contributed by atoms with Gasteiger partial charge >= 0.3 is 17.9 Å². The predicted octanol–water partition coefficient (Wildman–Crippen LogP) is 20.1. The van der Waals surface area contributed by atoms with Crippen molar-refractivity contribution in [1.82, 2.24) is 0 Å². The maximum Gasteiger partial charge on any atom is 0.361 e. The lowest BCUT2D eigenvalue weighted by Gasteiger charge is -2.25. The third-order valence-electron chi connectivity index (χ3n) is 14.4. The van der Waals surface area contributed by atoms with Crippen LogP contribution in [0.3, 0.4) is 0 Å². The van der Waals surface area contributed by atoms with Gasteiger partial charge in [0.15, 0.2) is 6.10 Å². The molecule has 0 amide bonds. The van der Waals surface area contributed by atoms with Crippen LogP contribution in [0.4, 0.5) is 0 Å². The molecule has 0 aliphatic heterocycles. The van der Waals surface area contributed by atoms with Crippen LogP contribution in [0.1, 0.15) is 296 Å². The summed E-state index contributed by atoms with van der Waals surface area (Å²) in [7, 11) is 5.97. The molecular formula is C70H126NO8+. The average Bonchev–Trinajstić information content (AvgIpc) is 3.42. The smallest absolute Gasteiger partial charge is 0.361 e. The molecule has 0 aromatic carbocycles. The Labute approximate surface area is 487 Å². The van der Waals surface area contributed by atoms with Crippen LogP contribution in [0.25, 0.3) is 0 Å². The van der Waals surface area contributed by atoms with Crippen LogP contribution >= 0.6 is 0 Å². The van der Waals surface area contributed by atoms with Crippen molar-refractivity contribution in [2.24, 2.45) is 0 Å². The fourth-order valence-electron chi connectivity index (χ4n) is 9.39. The first-order chi connectivity index (χ1) is 38.6. The molecule has 0 saturated carbocycles. The van der Waals surface area contributed by atoms with Gasteiger partial charge in [0, 0.05) is 12.8 Å². The topological polar surface area (TPSA) is 108 Å². The molecule has 79 heavy (non-hydrogen) atoms. The number of allylic oxidation sites excluding steroid dienone is 12. The Morgan fingerprint density at radius 3 is 1.08 bits per heavy atom. The molecule has 458 valence electrons. The zero-order valence-corrected chi connectivity index (χ0v) is 52.3. The Kier molecular flexibility index (Phi) is 58.3. The number of carboxylic acid groups (broad SMARTS) is 1. The standard InChI is InChI=1S/C70H125NO8/c1-6-8-10-12-14-16-18-20-22-24-25-26-27-28-29-30-31-32-33-34-35-36-37-38-39-40-41-42-43-45-47-49-51-53-55-57-59-61-68(73)79-66(65-78-70(69(74)75)76-63-62-71(3,4)5)64-77-67(72)60-58-56-54-52-50-48-46-44-23-21-19-17-15-13-11-9-7-2/h8,10,14-17,20-23,25-26,66,70H,6-7,9,11-13,18-19,24,27-65H2,1-5H3/p+1/b10-8-,16-14-,17-15-,22-20-,23-21-,26-25-. The molecule has 0 aromatic rings. The molecule has 2 atom stereocenters. The lowest BCUT2D eigenvalue weighted by atomic mass is 10.0. The summed E-state index contributed by atoms with van der Waals surface area (Å²) < 4.78 is 22.9. The summed E-state index contributed by atoms with van der Waals surface area (Å²) in [4.78, 5) is 37.5. The average molecular weight is 1110 g/mol. The Morgan fingerprint density at radius 1 is 0.392 bits per heavy atom. The maximum atomic E-state index is 12.9. The predicted molar refractivity (Wildman–Crippen MR) is 336 cm³/mol. The van der Waals surface area contributed by atoms with Crippen LogP contribution in [0.15, 0.2) is 72.9 Å². The van der Waals surface area contributed by atoms with Gasteiger partial charge in [0.2, 0.25) is 0 Å². The minimum Gasteiger partial charge on any atom is -0.477 e. The first kappa shape index (κ1) is 75.7. The number of likely N-dealkylation sites (N-methyl/N-ethyl adjacent to an activating group) is 1. The van der Waals surface area contributed by atoms with Crippen LogP contribution < -0.4 is 0 Å². The van der Waals surface area contributed by atoms with Crippen LogP contribution in [0.2, 0.25) is 0 Å². The number of carboxylic acids is 1. The van der Waals surface area contributed by atoms with Crippen molar-refractivity contribution < 1.29 is 42.9 Å². The molecule has 0 saturated heterocycles. The van der Waals surface area contributed by atoms with E-state index in [1.807, 2.05) is 21.1 Å². The quantitative estimate of drug-likeness (QED) is 0.0211. The van der Waals surface area contributed by atoms with Gasteiger partial charge in [-0.25, -0.2) is 4.79 Å². The molecule has 9 nitrogen and oxygen atoms in total. The first-order valence-electron chi connectivity index (χ1n) is 33.1. The molecule has 1 N–H and O–H groups in total. The van der Waals surface area contributed by atoms with E-state index >= 15 is 0 Å². The normalized spacial score (nSPS) is 13.2. The molecule has 0 aromatic heterocycles. The second-order valence-electron chi connectivity index (χ2n) is 23.4. The van der Waals surface area contributed by atoms with E-state index in [1.54, 1.807) is 0 Å². The van der Waals surface area contributed by atoms with Crippen molar-refractivity contribution in [3.63, 3.8) is 0 Å². The Hall–Kier alpha value is -3.27. The number of aliphatic carboxylic acids is 1. The van der Waals surface area contributed by atoms with Crippen molar-refractivity contribution in [1.29, 1.82) is 0 Å². The first-order valence-corrected chi connectivity index (χ1v) is 33.1. The molecule has 0 radical (unpaired) electrons. The van der Waals surface area contributed by atoms with Crippen molar-refractivity contribution in [2.75, 3.05) is 47.5 Å². The third-order valence-corrected chi connectivity index (χ3v) is 14.4. The van der Waals surface area contributed by atoms with Gasteiger partial charge in [-0.1, -0.05) is 273 Å². The van der Waals surface area contributed by atoms with Crippen molar-refractivity contribution in [3.8, 4) is 0 Å². The summed E-state index contributed by atoms with van der Waals surface area (Å²) in [6, 6.07) is 0. The minimum absolute atomic E-state index is 0.185. The van der Waals surface area contributed by atoms with Crippen LogP contribution in [0.5, 0.6) is 0 Å². The number of carbonyl (C=O) groups is 3. The number of nitrogens with zero attached hydrogens (tertiary/aromatic N) is 1. The highest BCUT2D eigenvalue weighted by Crippen LogP contribution is 2.18. The lowest BCUT2D eigenvalue weighted by Crippen LogP contribution is -2.40. The van der Waals surface area contributed by atoms with E-state index in [-0.39, 0.29) is 32.2 Å². The van der Waals surface area contributed by atoms with Crippen LogP contribution in [-0.2, 0) is 33.3 Å². The number of quaternary nitrogens is 1. The lowest BCUT2D eigenvalue weighted by molar-refractivity contribution is -0.870. The number of carbonyl (C=O) groups excluding carboxylic acids is 2. The highest BCUT2D eigenvalue weighted by atomic mass is 16.7. The molecule has 0 fully saturated rings. The van der Waals surface area contributed by atoms with Gasteiger partial charge in [-0.05, 0) is 83.5 Å². The molecule has 9 heteroatoms. The minimum atomic E-state index is -1.51. The molecule has 0 spiro atoms. The number of hydrogen-bond acceptors (Lipinski definition) is 7. The largest absolute Gasteiger partial charge is 0.477 e. The Bertz CT molecular complexity index is 1520. The number of unbranched alkanes of at least 4 members (excludes halogenated alkanes) is 34. The highest BCUT2D eigenvalue weighted by Gasteiger charge is 2.25. The molecule has 0 heterocycles. The van der Waals surface area contributed by atoms with Gasteiger partial charge < -0.3 is 28.5 Å². The monoisotopic (exact) mass is 1110 g/mol. The zero-order chi connectivity index (χ0) is 57.6. The van der Waals surface area contributed by atoms with E-state index in [1.165, 1.54) is 186 Å². The molecule has 0 aliphatic carbocycles. The maximum absolute atomic E-state index is 12.9. The van der Waals surface area contributed by atoms with E-state index in [0.717, 1.165) is 83.5 Å². The highest BCUT2D eigenvalue weighted by molar-refractivity contribution is 5.71. The molecular weight excluding hydrogens is 983 g/mol. The van der Waals surface area contributed by atoms with E-state index in [9.17, 15) is 19.5 Å². The van der Waals surface area contributed by atoms with Gasteiger partial charge in [-0.15, -0.1) is 0 Å². The van der Waals surface area contributed by atoms with Crippen molar-refractivity contribution in [3.05, 3.63) is 72.9 Å². The summed E-state index contributed by atoms with van der Waals surface area (Å²) in [5, 5.41) is 9.72. The summed E-state index contributed by atoms with van der Waals surface area (Å²) >= 11 is 0. The van der Waals surface area contributed by atoms with Crippen LogP contribution in [0, 0.1) is 0 Å². The van der Waals surface area contributed by atoms with Gasteiger partial charge in [0.25, 0.3) is 6.29 Å². The molecule has 0 aliphatic rings. The zero-order valence-electron chi connectivity index (χ0n) is 52.3. The molecule has 0 bridgehead atoms. The fraction of sp³-hybridized carbons (Fsp3) is 0.786. The van der Waals surface area contributed by atoms with E-state index < -0.39 is 24.3 Å². The summed E-state index contributed by atoms with van der Waals surface area (Å²) in [6.45, 7) is 4.76. The van der Waals surface area contributed by atoms with E-state index in [2.05, 4.69) is 86.8 Å². The van der Waals surface area contributed by atoms with Crippen molar-refractivity contribution >= 4 is 17.9 Å². The van der Waals surface area contributed by atoms with Crippen molar-refractivity contribution in [2.45, 2.75) is 309 Å². The number of ether oxygens (including phenoxy) is 4. The Morgan fingerprint density at radius 2 is 0.722 bits per heavy atom. The number of hydrogen-bond donors (Lipinski definition) is 1. The van der Waals surface area contributed by atoms with Gasteiger partial charge in [-0.2, -0.15) is 0 Å². The second kappa shape index (κ2) is 60.8. The van der Waals surface area contributed by atoms with Gasteiger partial charge in [-0.3, -0.25) is 9.59 Å². The SMILES string of the molecule is CC/C=C\C/C=C\C/C=C\C/C=C\CCCCCCCCCCCCCCCCCCCCCCCCCCC(=O)OC(COC(=O)CCCCCCCCC/C=C\C/C=C\CCCCC)COC(OCC[N+](C)(C)C)C(=O)O. The summed E-state index contributed by atoms with van der Waals surface area (Å²) in [6.07, 6.45) is 77.3. The van der Waals surface area contributed by atoms with E-state index in [4.69, 9.17) is 18.9 Å². The fourth-order valence-corrected chi connectivity index (χ4v) is 9.39. The molecule has 0 rings (SSSR count). The van der Waals surface area contributed by atoms with Gasteiger partial charge in [0.05, 0.1) is 34.4 Å². The van der Waals surface area contributed by atoms with E-state index in [0.29, 0.717) is 17.4 Å². The number of esters is 2.